The van der Waals surface area contributed by atoms with Crippen LogP contribution in [0.15, 0.2) is 37.1 Å². The molecule has 0 N–H and O–H groups in total. The molecule has 0 saturated carbocycles. The van der Waals surface area contributed by atoms with E-state index in [4.69, 9.17) is 0 Å². The normalized spacial score (nSPS) is 15.8. The lowest BCUT2D eigenvalue weighted by molar-refractivity contribution is 0.0643. The van der Waals surface area contributed by atoms with Crippen LogP contribution in [0.2, 0.25) is 0 Å². The van der Waals surface area contributed by atoms with Gasteiger partial charge in [0.05, 0.1) is 11.3 Å². The molecule has 1 aliphatic heterocycles. The van der Waals surface area contributed by atoms with E-state index in [1.165, 1.54) is 6.33 Å². The van der Waals surface area contributed by atoms with Crippen molar-refractivity contribution >= 4 is 5.91 Å². The molecule has 3 rings (SSSR count). The quantitative estimate of drug-likeness (QED) is 0.855. The maximum atomic E-state index is 12.5. The standard InChI is InChI=1S/C16H19N5O/c1-2-20-5-7-21(8-6-20)16(22)13-3-4-15(19-11-13)14-9-17-12-18-10-14/h3-4,9-12H,2,5-8H2,1H3. The molecule has 1 amide bonds. The summed E-state index contributed by atoms with van der Waals surface area (Å²) in [7, 11) is 0. The fourth-order valence-electron chi connectivity index (χ4n) is 2.57. The molecule has 2 aromatic rings. The molecule has 0 bridgehead atoms. The van der Waals surface area contributed by atoms with E-state index in [0.29, 0.717) is 5.56 Å². The van der Waals surface area contributed by atoms with E-state index >= 15 is 0 Å². The number of hydrogen-bond acceptors (Lipinski definition) is 5. The minimum atomic E-state index is 0.0547. The third-order valence-electron chi connectivity index (χ3n) is 3.97. The van der Waals surface area contributed by atoms with Gasteiger partial charge in [-0.2, -0.15) is 0 Å². The maximum Gasteiger partial charge on any atom is 0.255 e. The highest BCUT2D eigenvalue weighted by Gasteiger charge is 2.21. The maximum absolute atomic E-state index is 12.5. The molecule has 114 valence electrons. The Morgan fingerprint density at radius 2 is 1.82 bits per heavy atom. The van der Waals surface area contributed by atoms with E-state index in [-0.39, 0.29) is 5.91 Å². The Bertz CT molecular complexity index is 621. The first-order valence-electron chi connectivity index (χ1n) is 7.51. The summed E-state index contributed by atoms with van der Waals surface area (Å²) in [5.74, 6) is 0.0547. The van der Waals surface area contributed by atoms with Crippen LogP contribution in [0.3, 0.4) is 0 Å². The Balaban J connectivity index is 1.69. The van der Waals surface area contributed by atoms with Crippen LogP contribution in [0.1, 0.15) is 17.3 Å². The van der Waals surface area contributed by atoms with Crippen molar-refractivity contribution in [2.75, 3.05) is 32.7 Å². The van der Waals surface area contributed by atoms with Crippen molar-refractivity contribution in [3.8, 4) is 11.3 Å². The molecule has 0 spiro atoms. The predicted octanol–water partition coefficient (Wildman–Crippen LogP) is 1.32. The topological polar surface area (TPSA) is 62.2 Å². The van der Waals surface area contributed by atoms with Crippen LogP contribution >= 0.6 is 0 Å². The van der Waals surface area contributed by atoms with Crippen LogP contribution in [0.5, 0.6) is 0 Å². The van der Waals surface area contributed by atoms with Crippen molar-refractivity contribution in [3.63, 3.8) is 0 Å². The van der Waals surface area contributed by atoms with Crippen molar-refractivity contribution in [2.45, 2.75) is 6.92 Å². The second-order valence-corrected chi connectivity index (χ2v) is 5.29. The van der Waals surface area contributed by atoms with Gasteiger partial charge in [-0.1, -0.05) is 6.92 Å². The van der Waals surface area contributed by atoms with Gasteiger partial charge in [0.2, 0.25) is 0 Å². The summed E-state index contributed by atoms with van der Waals surface area (Å²) in [5.41, 5.74) is 2.25. The van der Waals surface area contributed by atoms with E-state index in [1.807, 2.05) is 17.0 Å². The van der Waals surface area contributed by atoms with Gasteiger partial charge in [-0.05, 0) is 18.7 Å². The molecule has 3 heterocycles. The zero-order valence-corrected chi connectivity index (χ0v) is 12.6. The van der Waals surface area contributed by atoms with E-state index in [0.717, 1.165) is 44.0 Å². The van der Waals surface area contributed by atoms with Gasteiger partial charge < -0.3 is 9.80 Å². The first-order valence-corrected chi connectivity index (χ1v) is 7.51. The van der Waals surface area contributed by atoms with Gasteiger partial charge in [0.1, 0.15) is 6.33 Å². The smallest absolute Gasteiger partial charge is 0.255 e. The highest BCUT2D eigenvalue weighted by atomic mass is 16.2. The summed E-state index contributed by atoms with van der Waals surface area (Å²) >= 11 is 0. The molecule has 0 atom stereocenters. The van der Waals surface area contributed by atoms with Gasteiger partial charge in [-0.25, -0.2) is 9.97 Å². The summed E-state index contributed by atoms with van der Waals surface area (Å²) in [5, 5.41) is 0. The SMILES string of the molecule is CCN1CCN(C(=O)c2ccc(-c3cncnc3)nc2)CC1. The van der Waals surface area contributed by atoms with Crippen LogP contribution in [-0.2, 0) is 0 Å². The molecule has 0 aromatic carbocycles. The molecule has 1 fully saturated rings. The Morgan fingerprint density at radius 3 is 2.41 bits per heavy atom. The molecule has 0 aliphatic carbocycles. The highest BCUT2D eigenvalue weighted by molar-refractivity contribution is 5.94. The molecule has 6 nitrogen and oxygen atoms in total. The number of pyridine rings is 1. The van der Waals surface area contributed by atoms with Crippen molar-refractivity contribution in [1.29, 1.82) is 0 Å². The van der Waals surface area contributed by atoms with Crippen molar-refractivity contribution in [3.05, 3.63) is 42.6 Å². The summed E-state index contributed by atoms with van der Waals surface area (Å²) in [4.78, 5) is 29.0. The molecule has 6 heteroatoms. The molecule has 2 aromatic heterocycles. The fraction of sp³-hybridized carbons (Fsp3) is 0.375. The Hall–Kier alpha value is -2.34. The van der Waals surface area contributed by atoms with E-state index in [2.05, 4.69) is 26.8 Å². The molecule has 1 aliphatic rings. The molecule has 0 radical (unpaired) electrons. The lowest BCUT2D eigenvalue weighted by Crippen LogP contribution is -2.48. The molecular weight excluding hydrogens is 278 g/mol. The lowest BCUT2D eigenvalue weighted by atomic mass is 10.1. The van der Waals surface area contributed by atoms with E-state index in [9.17, 15) is 4.79 Å². The fourth-order valence-corrected chi connectivity index (χ4v) is 2.57. The Morgan fingerprint density at radius 1 is 1.09 bits per heavy atom. The number of nitrogens with zero attached hydrogens (tertiary/aromatic N) is 5. The van der Waals surface area contributed by atoms with Crippen LogP contribution in [0.4, 0.5) is 0 Å². The van der Waals surface area contributed by atoms with Crippen molar-refractivity contribution in [1.82, 2.24) is 24.8 Å². The number of aromatic nitrogens is 3. The number of hydrogen-bond donors (Lipinski definition) is 0. The molecule has 0 unspecified atom stereocenters. The second kappa shape index (κ2) is 6.62. The first-order chi connectivity index (χ1) is 10.8. The predicted molar refractivity (Wildman–Crippen MR) is 83.3 cm³/mol. The van der Waals surface area contributed by atoms with Crippen LogP contribution in [-0.4, -0.2) is 63.4 Å². The largest absolute Gasteiger partial charge is 0.336 e. The lowest BCUT2D eigenvalue weighted by Gasteiger charge is -2.34. The van der Waals surface area contributed by atoms with Gasteiger partial charge in [0.25, 0.3) is 5.91 Å². The highest BCUT2D eigenvalue weighted by Crippen LogP contribution is 2.15. The van der Waals surface area contributed by atoms with Crippen molar-refractivity contribution in [2.24, 2.45) is 0 Å². The number of carbonyl (C=O) groups excluding carboxylic acids is 1. The minimum absolute atomic E-state index is 0.0547. The Labute approximate surface area is 129 Å². The van der Waals surface area contributed by atoms with Gasteiger partial charge >= 0.3 is 0 Å². The van der Waals surface area contributed by atoms with Crippen LogP contribution < -0.4 is 0 Å². The summed E-state index contributed by atoms with van der Waals surface area (Å²) in [6.45, 7) is 6.62. The second-order valence-electron chi connectivity index (χ2n) is 5.29. The summed E-state index contributed by atoms with van der Waals surface area (Å²) < 4.78 is 0. The van der Waals surface area contributed by atoms with Gasteiger partial charge in [-0.15, -0.1) is 0 Å². The van der Waals surface area contributed by atoms with E-state index < -0.39 is 0 Å². The molecule has 1 saturated heterocycles. The molecule has 22 heavy (non-hydrogen) atoms. The first kappa shape index (κ1) is 14.6. The summed E-state index contributed by atoms with van der Waals surface area (Å²) in [6, 6.07) is 3.66. The zero-order valence-electron chi connectivity index (χ0n) is 12.6. The Kier molecular flexibility index (Phi) is 4.39. The molecular formula is C16H19N5O. The van der Waals surface area contributed by atoms with Crippen LogP contribution in [0, 0.1) is 0 Å². The number of amides is 1. The third-order valence-corrected chi connectivity index (χ3v) is 3.97. The average Bonchev–Trinajstić information content (AvgIpc) is 2.62. The van der Waals surface area contributed by atoms with Gasteiger partial charge in [-0.3, -0.25) is 9.78 Å². The average molecular weight is 297 g/mol. The number of piperazine rings is 1. The summed E-state index contributed by atoms with van der Waals surface area (Å²) in [6.07, 6.45) is 6.54. The number of likely N-dealkylation sites (N-methyl/N-ethyl adjacent to an activating group) is 1. The number of rotatable bonds is 3. The third kappa shape index (κ3) is 3.12. The monoisotopic (exact) mass is 297 g/mol. The zero-order chi connectivity index (χ0) is 15.4. The van der Waals surface area contributed by atoms with Crippen LogP contribution in [0.25, 0.3) is 11.3 Å². The number of carbonyl (C=O) groups is 1. The van der Waals surface area contributed by atoms with E-state index in [1.54, 1.807) is 18.6 Å². The van der Waals surface area contributed by atoms with Crippen molar-refractivity contribution < 1.29 is 4.79 Å². The van der Waals surface area contributed by atoms with Gasteiger partial charge in [0.15, 0.2) is 0 Å². The minimum Gasteiger partial charge on any atom is -0.336 e. The van der Waals surface area contributed by atoms with Gasteiger partial charge in [0, 0.05) is 50.3 Å².